The highest BCUT2D eigenvalue weighted by Crippen LogP contribution is 2.32. The Morgan fingerprint density at radius 2 is 2.16 bits per heavy atom. The lowest BCUT2D eigenvalue weighted by molar-refractivity contribution is 0.213. The standard InChI is InChI=1S/C14H19ClN2OS/c1-9(16)14(12-4-5-13(15)19-12)17(3)8-11-6-7-18-10(11)2/h4-7,9,14H,8,16H2,1-3H3. The second-order valence-electron chi connectivity index (χ2n) is 4.86. The molecular weight excluding hydrogens is 280 g/mol. The van der Waals surface area contributed by atoms with Crippen molar-refractivity contribution in [2.24, 2.45) is 5.73 Å². The van der Waals surface area contributed by atoms with Crippen molar-refractivity contribution in [3.05, 3.63) is 45.0 Å². The van der Waals surface area contributed by atoms with Gasteiger partial charge in [-0.3, -0.25) is 4.90 Å². The molecule has 0 saturated heterocycles. The van der Waals surface area contributed by atoms with E-state index >= 15 is 0 Å². The fraction of sp³-hybridized carbons (Fsp3) is 0.429. The van der Waals surface area contributed by atoms with E-state index in [0.29, 0.717) is 0 Å². The first-order valence-corrected chi connectivity index (χ1v) is 7.42. The Bertz CT molecular complexity index is 535. The Balaban J connectivity index is 2.18. The number of furan rings is 1. The average Bonchev–Trinajstić information content (AvgIpc) is 2.89. The van der Waals surface area contributed by atoms with Crippen LogP contribution in [0.3, 0.4) is 0 Å². The molecular formula is C14H19ClN2OS. The molecule has 2 N–H and O–H groups in total. The third-order valence-electron chi connectivity index (χ3n) is 3.24. The molecule has 0 aliphatic rings. The molecule has 19 heavy (non-hydrogen) atoms. The smallest absolute Gasteiger partial charge is 0.105 e. The molecule has 2 aromatic rings. The molecule has 0 fully saturated rings. The molecule has 0 saturated carbocycles. The number of rotatable bonds is 5. The first-order chi connectivity index (χ1) is 8.99. The molecule has 3 nitrogen and oxygen atoms in total. The van der Waals surface area contributed by atoms with E-state index in [-0.39, 0.29) is 12.1 Å². The monoisotopic (exact) mass is 298 g/mol. The topological polar surface area (TPSA) is 42.4 Å². The van der Waals surface area contributed by atoms with Crippen molar-refractivity contribution in [1.29, 1.82) is 0 Å². The molecule has 5 heteroatoms. The normalized spacial score (nSPS) is 14.8. The van der Waals surface area contributed by atoms with Crippen molar-refractivity contribution in [2.75, 3.05) is 7.05 Å². The van der Waals surface area contributed by atoms with Crippen LogP contribution in [-0.2, 0) is 6.54 Å². The SMILES string of the molecule is Cc1occc1CN(C)C(c1ccc(Cl)s1)C(C)N. The van der Waals surface area contributed by atoms with Gasteiger partial charge in [0.1, 0.15) is 5.76 Å². The first kappa shape index (κ1) is 14.6. The Hall–Kier alpha value is -0.810. The average molecular weight is 299 g/mol. The summed E-state index contributed by atoms with van der Waals surface area (Å²) in [6, 6.07) is 6.18. The minimum atomic E-state index is 0.0342. The van der Waals surface area contributed by atoms with Crippen LogP contribution in [-0.4, -0.2) is 18.0 Å². The summed E-state index contributed by atoms with van der Waals surface area (Å²) < 4.78 is 6.14. The maximum atomic E-state index is 6.14. The van der Waals surface area contributed by atoms with Gasteiger partial charge in [-0.2, -0.15) is 0 Å². The summed E-state index contributed by atoms with van der Waals surface area (Å²) >= 11 is 7.62. The van der Waals surface area contributed by atoms with Crippen molar-refractivity contribution < 1.29 is 4.42 Å². The summed E-state index contributed by atoms with van der Waals surface area (Å²) in [4.78, 5) is 3.44. The number of hydrogen-bond donors (Lipinski definition) is 1. The third kappa shape index (κ3) is 3.39. The van der Waals surface area contributed by atoms with Crippen LogP contribution < -0.4 is 5.73 Å². The fourth-order valence-electron chi connectivity index (χ4n) is 2.31. The Morgan fingerprint density at radius 3 is 2.63 bits per heavy atom. The molecule has 104 valence electrons. The van der Waals surface area contributed by atoms with E-state index in [9.17, 15) is 0 Å². The van der Waals surface area contributed by atoms with Gasteiger partial charge in [-0.05, 0) is 39.1 Å². The number of hydrogen-bond acceptors (Lipinski definition) is 4. The van der Waals surface area contributed by atoms with Crippen molar-refractivity contribution in [2.45, 2.75) is 32.5 Å². The molecule has 2 unspecified atom stereocenters. The lowest BCUT2D eigenvalue weighted by atomic mass is 10.1. The van der Waals surface area contributed by atoms with Crippen LogP contribution in [0, 0.1) is 6.92 Å². The zero-order chi connectivity index (χ0) is 14.0. The zero-order valence-corrected chi connectivity index (χ0v) is 13.0. The molecule has 2 atom stereocenters. The number of halogens is 1. The van der Waals surface area contributed by atoms with Crippen LogP contribution in [0.15, 0.2) is 28.9 Å². The maximum absolute atomic E-state index is 6.14. The van der Waals surface area contributed by atoms with E-state index in [2.05, 4.69) is 18.0 Å². The van der Waals surface area contributed by atoms with E-state index in [1.807, 2.05) is 26.0 Å². The molecule has 0 aromatic carbocycles. The van der Waals surface area contributed by atoms with Gasteiger partial charge in [0.2, 0.25) is 0 Å². The number of nitrogens with zero attached hydrogens (tertiary/aromatic N) is 1. The Morgan fingerprint density at radius 1 is 1.42 bits per heavy atom. The highest BCUT2D eigenvalue weighted by Gasteiger charge is 2.23. The van der Waals surface area contributed by atoms with Gasteiger partial charge in [0.05, 0.1) is 16.6 Å². The molecule has 0 aliphatic carbocycles. The van der Waals surface area contributed by atoms with Crippen LogP contribution in [0.25, 0.3) is 0 Å². The molecule has 0 radical (unpaired) electrons. The quantitative estimate of drug-likeness (QED) is 0.912. The Kier molecular flexibility index (Phi) is 4.68. The van der Waals surface area contributed by atoms with Gasteiger partial charge in [-0.1, -0.05) is 11.6 Å². The number of aryl methyl sites for hydroxylation is 1. The van der Waals surface area contributed by atoms with Gasteiger partial charge in [-0.15, -0.1) is 11.3 Å². The summed E-state index contributed by atoms with van der Waals surface area (Å²) in [7, 11) is 2.08. The summed E-state index contributed by atoms with van der Waals surface area (Å²) in [5.41, 5.74) is 7.33. The second kappa shape index (κ2) is 6.09. The van der Waals surface area contributed by atoms with Gasteiger partial charge in [0.15, 0.2) is 0 Å². The van der Waals surface area contributed by atoms with Crippen LogP contribution in [0.2, 0.25) is 4.34 Å². The molecule has 0 amide bonds. The molecule has 0 bridgehead atoms. The minimum Gasteiger partial charge on any atom is -0.469 e. The molecule has 2 aromatic heterocycles. The summed E-state index contributed by atoms with van der Waals surface area (Å²) in [6.45, 7) is 4.81. The first-order valence-electron chi connectivity index (χ1n) is 6.23. The summed E-state index contributed by atoms with van der Waals surface area (Å²) in [5.74, 6) is 0.958. The van der Waals surface area contributed by atoms with Gasteiger partial charge in [-0.25, -0.2) is 0 Å². The lowest BCUT2D eigenvalue weighted by Crippen LogP contribution is -2.36. The maximum Gasteiger partial charge on any atom is 0.105 e. The molecule has 0 aliphatic heterocycles. The highest BCUT2D eigenvalue weighted by molar-refractivity contribution is 7.16. The fourth-order valence-corrected chi connectivity index (χ4v) is 3.65. The number of likely N-dealkylation sites (N-methyl/N-ethyl adjacent to an activating group) is 1. The van der Waals surface area contributed by atoms with Crippen molar-refractivity contribution >= 4 is 22.9 Å². The molecule has 2 heterocycles. The minimum absolute atomic E-state index is 0.0342. The summed E-state index contributed by atoms with van der Waals surface area (Å²) in [6.07, 6.45) is 1.72. The van der Waals surface area contributed by atoms with Gasteiger partial charge in [0, 0.05) is 23.0 Å². The Labute approximate surface area is 123 Å². The predicted octanol–water partition coefficient (Wildman–Crippen LogP) is 3.82. The van der Waals surface area contributed by atoms with Crippen LogP contribution in [0.1, 0.15) is 29.2 Å². The van der Waals surface area contributed by atoms with Gasteiger partial charge in [0.25, 0.3) is 0 Å². The van der Waals surface area contributed by atoms with Crippen molar-refractivity contribution in [3.63, 3.8) is 0 Å². The lowest BCUT2D eigenvalue weighted by Gasteiger charge is -2.30. The van der Waals surface area contributed by atoms with Crippen LogP contribution in [0.5, 0.6) is 0 Å². The highest BCUT2D eigenvalue weighted by atomic mass is 35.5. The largest absolute Gasteiger partial charge is 0.469 e. The van der Waals surface area contributed by atoms with Crippen molar-refractivity contribution in [3.8, 4) is 0 Å². The van der Waals surface area contributed by atoms with Crippen molar-refractivity contribution in [1.82, 2.24) is 4.90 Å². The molecule has 0 spiro atoms. The van der Waals surface area contributed by atoms with Crippen LogP contribution >= 0.6 is 22.9 Å². The van der Waals surface area contributed by atoms with Gasteiger partial charge < -0.3 is 10.2 Å². The summed E-state index contributed by atoms with van der Waals surface area (Å²) in [5, 5.41) is 0. The zero-order valence-electron chi connectivity index (χ0n) is 11.4. The van der Waals surface area contributed by atoms with E-state index < -0.39 is 0 Å². The second-order valence-corrected chi connectivity index (χ2v) is 6.61. The number of nitrogens with two attached hydrogens (primary N) is 1. The van der Waals surface area contributed by atoms with Crippen LogP contribution in [0.4, 0.5) is 0 Å². The third-order valence-corrected chi connectivity index (χ3v) is 4.55. The number of thiophene rings is 1. The van der Waals surface area contributed by atoms with E-state index in [1.165, 1.54) is 10.4 Å². The van der Waals surface area contributed by atoms with E-state index in [4.69, 9.17) is 21.8 Å². The predicted molar refractivity (Wildman–Crippen MR) is 80.6 cm³/mol. The van der Waals surface area contributed by atoms with E-state index in [0.717, 1.165) is 16.6 Å². The van der Waals surface area contributed by atoms with Gasteiger partial charge >= 0.3 is 0 Å². The van der Waals surface area contributed by atoms with E-state index in [1.54, 1.807) is 17.6 Å². The molecule has 2 rings (SSSR count).